The van der Waals surface area contributed by atoms with Crippen LogP contribution in [0.4, 0.5) is 0 Å². The first-order valence-electron chi connectivity index (χ1n) is 4.55. The Morgan fingerprint density at radius 1 is 1.54 bits per heavy atom. The standard InChI is InChI=1S/C10H18N2O/c1-6-12(8(2)7-11)9(13)10(3,4)5/h8H,6H2,1-5H3. The summed E-state index contributed by atoms with van der Waals surface area (Å²) in [5, 5.41) is 8.71. The molecule has 13 heavy (non-hydrogen) atoms. The molecule has 0 aromatic carbocycles. The maximum atomic E-state index is 11.8. The maximum Gasteiger partial charge on any atom is 0.228 e. The lowest BCUT2D eigenvalue weighted by Gasteiger charge is -2.30. The molecule has 0 saturated carbocycles. The number of hydrogen-bond acceptors (Lipinski definition) is 2. The third kappa shape index (κ3) is 3.06. The van der Waals surface area contributed by atoms with Gasteiger partial charge in [0.25, 0.3) is 0 Å². The van der Waals surface area contributed by atoms with Crippen LogP contribution in [0, 0.1) is 16.7 Å². The maximum absolute atomic E-state index is 11.8. The van der Waals surface area contributed by atoms with E-state index in [0.717, 1.165) is 0 Å². The van der Waals surface area contributed by atoms with Gasteiger partial charge in [-0.15, -0.1) is 0 Å². The van der Waals surface area contributed by atoms with Crippen LogP contribution < -0.4 is 0 Å². The molecule has 0 spiro atoms. The highest BCUT2D eigenvalue weighted by molar-refractivity contribution is 5.82. The van der Waals surface area contributed by atoms with Crippen LogP contribution >= 0.6 is 0 Å². The average molecular weight is 182 g/mol. The van der Waals surface area contributed by atoms with Gasteiger partial charge in [-0.25, -0.2) is 0 Å². The first kappa shape index (κ1) is 12.0. The van der Waals surface area contributed by atoms with E-state index in [4.69, 9.17) is 5.26 Å². The quantitative estimate of drug-likeness (QED) is 0.653. The number of rotatable bonds is 2. The highest BCUT2D eigenvalue weighted by Gasteiger charge is 2.28. The van der Waals surface area contributed by atoms with E-state index in [0.29, 0.717) is 6.54 Å². The minimum atomic E-state index is -0.402. The molecule has 0 aliphatic heterocycles. The molecule has 0 aromatic heterocycles. The first-order valence-corrected chi connectivity index (χ1v) is 4.55. The molecule has 0 radical (unpaired) electrons. The number of nitriles is 1. The van der Waals surface area contributed by atoms with Crippen molar-refractivity contribution < 1.29 is 4.79 Å². The fourth-order valence-corrected chi connectivity index (χ4v) is 1.09. The Kier molecular flexibility index (Phi) is 3.93. The van der Waals surface area contributed by atoms with Gasteiger partial charge < -0.3 is 4.90 Å². The van der Waals surface area contributed by atoms with Gasteiger partial charge in [-0.1, -0.05) is 20.8 Å². The molecule has 1 amide bonds. The van der Waals surface area contributed by atoms with Crippen molar-refractivity contribution in [3.8, 4) is 6.07 Å². The summed E-state index contributed by atoms with van der Waals surface area (Å²) in [7, 11) is 0. The van der Waals surface area contributed by atoms with Crippen molar-refractivity contribution in [2.75, 3.05) is 6.54 Å². The molecule has 0 aromatic rings. The molecule has 0 fully saturated rings. The van der Waals surface area contributed by atoms with E-state index < -0.39 is 5.41 Å². The molecule has 0 N–H and O–H groups in total. The molecule has 3 nitrogen and oxygen atoms in total. The lowest BCUT2D eigenvalue weighted by atomic mass is 9.94. The predicted octanol–water partition coefficient (Wildman–Crippen LogP) is 1.79. The Morgan fingerprint density at radius 3 is 2.23 bits per heavy atom. The van der Waals surface area contributed by atoms with Gasteiger partial charge in [0.2, 0.25) is 5.91 Å². The molecule has 74 valence electrons. The van der Waals surface area contributed by atoms with Crippen LogP contribution in [-0.4, -0.2) is 23.4 Å². The third-order valence-corrected chi connectivity index (χ3v) is 1.90. The van der Waals surface area contributed by atoms with Crippen LogP contribution in [0.2, 0.25) is 0 Å². The molecule has 1 atom stereocenters. The molecule has 0 heterocycles. The molecular weight excluding hydrogens is 164 g/mol. The first-order chi connectivity index (χ1) is 5.84. The monoisotopic (exact) mass is 182 g/mol. The Labute approximate surface area is 80.3 Å². The Balaban J connectivity index is 4.63. The van der Waals surface area contributed by atoms with Crippen molar-refractivity contribution in [1.29, 1.82) is 5.26 Å². The van der Waals surface area contributed by atoms with Gasteiger partial charge in [0.05, 0.1) is 6.07 Å². The Hall–Kier alpha value is -1.04. The third-order valence-electron chi connectivity index (χ3n) is 1.90. The van der Waals surface area contributed by atoms with Crippen molar-refractivity contribution in [3.05, 3.63) is 0 Å². The summed E-state index contributed by atoms with van der Waals surface area (Å²) in [6.07, 6.45) is 0. The van der Waals surface area contributed by atoms with Crippen LogP contribution in [-0.2, 0) is 4.79 Å². The van der Waals surface area contributed by atoms with Gasteiger partial charge in [0.1, 0.15) is 6.04 Å². The summed E-state index contributed by atoms with van der Waals surface area (Å²) < 4.78 is 0. The molecule has 0 saturated heterocycles. The van der Waals surface area contributed by atoms with E-state index in [1.807, 2.05) is 27.7 Å². The van der Waals surface area contributed by atoms with Crippen LogP contribution in [0.3, 0.4) is 0 Å². The van der Waals surface area contributed by atoms with Crippen LogP contribution in [0.15, 0.2) is 0 Å². The lowest BCUT2D eigenvalue weighted by molar-refractivity contribution is -0.140. The molecular formula is C10H18N2O. The summed E-state index contributed by atoms with van der Waals surface area (Å²) in [5.74, 6) is 0.0315. The summed E-state index contributed by atoms with van der Waals surface area (Å²) in [5.41, 5.74) is -0.402. The van der Waals surface area contributed by atoms with Gasteiger partial charge in [0, 0.05) is 12.0 Å². The van der Waals surface area contributed by atoms with E-state index in [1.54, 1.807) is 11.8 Å². The minimum absolute atomic E-state index is 0.0315. The minimum Gasteiger partial charge on any atom is -0.327 e. The zero-order chi connectivity index (χ0) is 10.6. The molecule has 0 aliphatic rings. The Morgan fingerprint density at radius 2 is 2.00 bits per heavy atom. The van der Waals surface area contributed by atoms with E-state index in [-0.39, 0.29) is 11.9 Å². The van der Waals surface area contributed by atoms with Crippen molar-refractivity contribution in [1.82, 2.24) is 4.90 Å². The van der Waals surface area contributed by atoms with Gasteiger partial charge in [-0.05, 0) is 13.8 Å². The van der Waals surface area contributed by atoms with E-state index in [1.165, 1.54) is 0 Å². The second-order valence-electron chi connectivity index (χ2n) is 4.15. The SMILES string of the molecule is CCN(C(=O)C(C)(C)C)C(C)C#N. The van der Waals surface area contributed by atoms with Crippen molar-refractivity contribution in [2.24, 2.45) is 5.41 Å². The van der Waals surface area contributed by atoms with E-state index >= 15 is 0 Å². The molecule has 3 heteroatoms. The normalized spacial score (nSPS) is 13.2. The van der Waals surface area contributed by atoms with Crippen molar-refractivity contribution >= 4 is 5.91 Å². The lowest BCUT2D eigenvalue weighted by Crippen LogP contribution is -2.44. The van der Waals surface area contributed by atoms with Gasteiger partial charge in [-0.3, -0.25) is 4.79 Å². The number of carbonyl (C=O) groups is 1. The smallest absolute Gasteiger partial charge is 0.228 e. The summed E-state index contributed by atoms with van der Waals surface area (Å²) >= 11 is 0. The number of amides is 1. The highest BCUT2D eigenvalue weighted by Crippen LogP contribution is 2.18. The van der Waals surface area contributed by atoms with Gasteiger partial charge in [0.15, 0.2) is 0 Å². The summed E-state index contributed by atoms with van der Waals surface area (Å²) in [4.78, 5) is 13.4. The molecule has 0 rings (SSSR count). The zero-order valence-corrected chi connectivity index (χ0v) is 9.09. The highest BCUT2D eigenvalue weighted by atomic mass is 16.2. The fraction of sp³-hybridized carbons (Fsp3) is 0.800. The molecule has 1 unspecified atom stereocenters. The van der Waals surface area contributed by atoms with Crippen molar-refractivity contribution in [2.45, 2.75) is 40.7 Å². The van der Waals surface area contributed by atoms with Gasteiger partial charge >= 0.3 is 0 Å². The Bertz CT molecular complexity index is 222. The van der Waals surface area contributed by atoms with E-state index in [2.05, 4.69) is 6.07 Å². The average Bonchev–Trinajstić information content (AvgIpc) is 2.03. The summed E-state index contributed by atoms with van der Waals surface area (Å²) in [6, 6.07) is 1.74. The van der Waals surface area contributed by atoms with Crippen molar-refractivity contribution in [3.63, 3.8) is 0 Å². The molecule has 0 bridgehead atoms. The fourth-order valence-electron chi connectivity index (χ4n) is 1.09. The van der Waals surface area contributed by atoms with Gasteiger partial charge in [-0.2, -0.15) is 5.26 Å². The van der Waals surface area contributed by atoms with Crippen LogP contribution in [0.25, 0.3) is 0 Å². The summed E-state index contributed by atoms with van der Waals surface area (Å²) in [6.45, 7) is 9.81. The van der Waals surface area contributed by atoms with E-state index in [9.17, 15) is 4.79 Å². The largest absolute Gasteiger partial charge is 0.327 e. The zero-order valence-electron chi connectivity index (χ0n) is 9.09. The van der Waals surface area contributed by atoms with Crippen LogP contribution in [0.1, 0.15) is 34.6 Å². The second-order valence-corrected chi connectivity index (χ2v) is 4.15. The number of carbonyl (C=O) groups excluding carboxylic acids is 1. The van der Waals surface area contributed by atoms with Crippen LogP contribution in [0.5, 0.6) is 0 Å². The number of nitrogens with zero attached hydrogens (tertiary/aromatic N) is 2. The predicted molar refractivity (Wildman–Crippen MR) is 51.9 cm³/mol. The second kappa shape index (κ2) is 4.27. The molecule has 0 aliphatic carbocycles. The number of hydrogen-bond donors (Lipinski definition) is 0. The topological polar surface area (TPSA) is 44.1 Å².